The van der Waals surface area contributed by atoms with E-state index in [-0.39, 0.29) is 12.6 Å². The second-order valence-corrected chi connectivity index (χ2v) is 5.66. The summed E-state index contributed by atoms with van der Waals surface area (Å²) in [5, 5.41) is 22.3. The molecule has 0 aromatic heterocycles. The van der Waals surface area contributed by atoms with Crippen LogP contribution in [0.25, 0.3) is 0 Å². The Hall–Kier alpha value is -1.88. The molecule has 4 nitrogen and oxygen atoms in total. The normalized spacial score (nSPS) is 13.5. The Morgan fingerprint density at radius 2 is 1.74 bits per heavy atom. The minimum Gasteiger partial charge on any atom is -0.492 e. The van der Waals surface area contributed by atoms with E-state index in [4.69, 9.17) is 9.84 Å². The highest BCUT2D eigenvalue weighted by molar-refractivity contribution is 5.27. The minimum atomic E-state index is -0.517. The summed E-state index contributed by atoms with van der Waals surface area (Å²) in [6.07, 6.45) is 0.145. The first kappa shape index (κ1) is 17.5. The first-order valence-corrected chi connectivity index (χ1v) is 7.98. The average molecular weight is 315 g/mol. The molecular formula is C19H25NO3. The fraction of sp³-hybridized carbons (Fsp3) is 0.368. The van der Waals surface area contributed by atoms with Crippen molar-refractivity contribution in [1.29, 1.82) is 0 Å². The third-order valence-electron chi connectivity index (χ3n) is 3.67. The Balaban J connectivity index is 1.71. The van der Waals surface area contributed by atoms with E-state index in [0.29, 0.717) is 19.6 Å². The van der Waals surface area contributed by atoms with Gasteiger partial charge in [0.25, 0.3) is 0 Å². The molecule has 0 fully saturated rings. The van der Waals surface area contributed by atoms with E-state index in [1.807, 2.05) is 61.5 Å². The van der Waals surface area contributed by atoms with Gasteiger partial charge in [0.2, 0.25) is 0 Å². The third-order valence-corrected chi connectivity index (χ3v) is 3.67. The van der Waals surface area contributed by atoms with Gasteiger partial charge in [0.05, 0.1) is 6.10 Å². The van der Waals surface area contributed by atoms with Crippen molar-refractivity contribution in [3.63, 3.8) is 0 Å². The molecule has 0 amide bonds. The second-order valence-electron chi connectivity index (χ2n) is 5.66. The zero-order valence-corrected chi connectivity index (χ0v) is 13.5. The van der Waals surface area contributed by atoms with Crippen LogP contribution in [0.4, 0.5) is 0 Å². The zero-order chi connectivity index (χ0) is 16.5. The first-order chi connectivity index (χ1) is 11.2. The summed E-state index contributed by atoms with van der Waals surface area (Å²) in [6, 6.07) is 17.5. The third kappa shape index (κ3) is 6.02. The van der Waals surface area contributed by atoms with Crippen LogP contribution in [-0.4, -0.2) is 36.0 Å². The van der Waals surface area contributed by atoms with Gasteiger partial charge in [-0.05, 0) is 36.6 Å². The molecule has 0 bridgehead atoms. The summed E-state index contributed by atoms with van der Waals surface area (Å²) >= 11 is 0. The summed E-state index contributed by atoms with van der Waals surface area (Å²) in [5.41, 5.74) is 2.00. The molecule has 124 valence electrons. The number of benzene rings is 2. The molecule has 2 rings (SSSR count). The molecule has 0 saturated carbocycles. The van der Waals surface area contributed by atoms with Gasteiger partial charge in [-0.15, -0.1) is 0 Å². The van der Waals surface area contributed by atoms with Crippen LogP contribution in [0.15, 0.2) is 54.6 Å². The molecule has 0 saturated heterocycles. The Bertz CT molecular complexity index is 557. The van der Waals surface area contributed by atoms with Crippen molar-refractivity contribution in [2.24, 2.45) is 0 Å². The Morgan fingerprint density at radius 3 is 2.39 bits per heavy atom. The van der Waals surface area contributed by atoms with Gasteiger partial charge >= 0.3 is 0 Å². The van der Waals surface area contributed by atoms with Gasteiger partial charge < -0.3 is 20.3 Å². The molecule has 0 spiro atoms. The van der Waals surface area contributed by atoms with E-state index in [2.05, 4.69) is 5.32 Å². The van der Waals surface area contributed by atoms with Gasteiger partial charge in [-0.25, -0.2) is 0 Å². The number of rotatable bonds is 9. The number of aliphatic hydroxyl groups is 2. The molecule has 3 N–H and O–H groups in total. The highest BCUT2D eigenvalue weighted by atomic mass is 16.5. The van der Waals surface area contributed by atoms with Crippen molar-refractivity contribution in [2.75, 3.05) is 19.8 Å². The summed E-state index contributed by atoms with van der Waals surface area (Å²) < 4.78 is 5.73. The number of ether oxygens (including phenoxy) is 1. The largest absolute Gasteiger partial charge is 0.492 e. The average Bonchev–Trinajstić information content (AvgIpc) is 2.60. The molecule has 4 heteroatoms. The summed E-state index contributed by atoms with van der Waals surface area (Å²) in [6.45, 7) is 3.20. The molecular weight excluding hydrogens is 290 g/mol. The lowest BCUT2D eigenvalue weighted by atomic mass is 10.1. The van der Waals surface area contributed by atoms with Crippen molar-refractivity contribution >= 4 is 0 Å². The van der Waals surface area contributed by atoms with Crippen LogP contribution >= 0.6 is 0 Å². The number of hydrogen-bond donors (Lipinski definition) is 3. The van der Waals surface area contributed by atoms with Gasteiger partial charge in [-0.3, -0.25) is 0 Å². The molecule has 2 unspecified atom stereocenters. The number of hydrogen-bond acceptors (Lipinski definition) is 4. The van der Waals surface area contributed by atoms with E-state index >= 15 is 0 Å². The Kier molecular flexibility index (Phi) is 7.07. The van der Waals surface area contributed by atoms with Crippen molar-refractivity contribution in [1.82, 2.24) is 5.32 Å². The molecule has 0 heterocycles. The molecule has 2 atom stereocenters. The maximum Gasteiger partial charge on any atom is 0.119 e. The maximum absolute atomic E-state index is 10.1. The van der Waals surface area contributed by atoms with E-state index < -0.39 is 6.10 Å². The molecule has 0 radical (unpaired) electrons. The molecule has 23 heavy (non-hydrogen) atoms. The van der Waals surface area contributed by atoms with Gasteiger partial charge in [-0.1, -0.05) is 42.5 Å². The van der Waals surface area contributed by atoms with Crippen LogP contribution in [-0.2, 0) is 6.42 Å². The Labute approximate surface area is 137 Å². The lowest BCUT2D eigenvalue weighted by Gasteiger charge is -2.18. The molecule has 0 aliphatic heterocycles. The summed E-state index contributed by atoms with van der Waals surface area (Å²) in [4.78, 5) is 0. The predicted molar refractivity (Wildman–Crippen MR) is 91.6 cm³/mol. The topological polar surface area (TPSA) is 61.7 Å². The lowest BCUT2D eigenvalue weighted by molar-refractivity contribution is 0.163. The molecule has 2 aromatic carbocycles. The van der Waals surface area contributed by atoms with Gasteiger partial charge in [0, 0.05) is 19.2 Å². The van der Waals surface area contributed by atoms with Crippen molar-refractivity contribution in [3.05, 3.63) is 65.7 Å². The summed E-state index contributed by atoms with van der Waals surface area (Å²) in [7, 11) is 0. The van der Waals surface area contributed by atoms with Gasteiger partial charge in [-0.2, -0.15) is 0 Å². The van der Waals surface area contributed by atoms with Crippen molar-refractivity contribution in [3.8, 4) is 5.75 Å². The molecule has 2 aromatic rings. The van der Waals surface area contributed by atoms with Crippen LogP contribution in [0.3, 0.4) is 0 Å². The minimum absolute atomic E-state index is 0.130. The highest BCUT2D eigenvalue weighted by Gasteiger charge is 2.09. The van der Waals surface area contributed by atoms with Crippen molar-refractivity contribution < 1.29 is 14.9 Å². The number of aliphatic hydroxyl groups excluding tert-OH is 2. The highest BCUT2D eigenvalue weighted by Crippen LogP contribution is 2.13. The van der Waals surface area contributed by atoms with Crippen LogP contribution in [0.1, 0.15) is 24.2 Å². The molecule has 0 aliphatic rings. The standard InChI is InChI=1S/C19H25NO3/c1-15(20-13-19(22)17-5-3-2-4-6-17)14-23-18-9-7-16(8-10-18)11-12-21/h2-10,15,19-22H,11-14H2,1H3. The summed E-state index contributed by atoms with van der Waals surface area (Å²) in [5.74, 6) is 0.809. The second kappa shape index (κ2) is 9.30. The van der Waals surface area contributed by atoms with Crippen LogP contribution in [0, 0.1) is 0 Å². The first-order valence-electron chi connectivity index (χ1n) is 7.98. The van der Waals surface area contributed by atoms with E-state index in [9.17, 15) is 5.11 Å². The Morgan fingerprint density at radius 1 is 1.04 bits per heavy atom. The van der Waals surface area contributed by atoms with Gasteiger partial charge in [0.1, 0.15) is 12.4 Å². The zero-order valence-electron chi connectivity index (χ0n) is 13.5. The fourth-order valence-corrected chi connectivity index (χ4v) is 2.27. The van der Waals surface area contributed by atoms with Gasteiger partial charge in [0.15, 0.2) is 0 Å². The molecule has 0 aliphatic carbocycles. The van der Waals surface area contributed by atoms with E-state index in [1.165, 1.54) is 0 Å². The quantitative estimate of drug-likeness (QED) is 0.664. The van der Waals surface area contributed by atoms with Crippen LogP contribution in [0.5, 0.6) is 5.75 Å². The maximum atomic E-state index is 10.1. The smallest absolute Gasteiger partial charge is 0.119 e. The monoisotopic (exact) mass is 315 g/mol. The van der Waals surface area contributed by atoms with Crippen LogP contribution in [0.2, 0.25) is 0 Å². The fourth-order valence-electron chi connectivity index (χ4n) is 2.27. The number of nitrogens with one attached hydrogen (secondary N) is 1. The van der Waals surface area contributed by atoms with Crippen molar-refractivity contribution in [2.45, 2.75) is 25.5 Å². The van der Waals surface area contributed by atoms with Crippen LogP contribution < -0.4 is 10.1 Å². The van der Waals surface area contributed by atoms with E-state index in [1.54, 1.807) is 0 Å². The predicted octanol–water partition coefficient (Wildman–Crippen LogP) is 2.31. The van der Waals surface area contributed by atoms with E-state index in [0.717, 1.165) is 16.9 Å². The SMILES string of the molecule is CC(COc1ccc(CCO)cc1)NCC(O)c1ccccc1. The lowest BCUT2D eigenvalue weighted by Crippen LogP contribution is -2.34.